The van der Waals surface area contributed by atoms with Gasteiger partial charge in [0.05, 0.1) is 19.3 Å². The fourth-order valence-electron chi connectivity index (χ4n) is 3.29. The minimum absolute atomic E-state index is 0.256. The molecule has 2 aliphatic heterocycles. The molecule has 3 rings (SSSR count). The van der Waals surface area contributed by atoms with Gasteiger partial charge in [0.15, 0.2) is 0 Å². The average molecular weight is 273 g/mol. The van der Waals surface area contributed by atoms with Crippen molar-refractivity contribution < 1.29 is 4.74 Å². The van der Waals surface area contributed by atoms with Crippen molar-refractivity contribution in [3.8, 4) is 0 Å². The van der Waals surface area contributed by atoms with Crippen LogP contribution in [0.15, 0.2) is 24.3 Å². The highest BCUT2D eigenvalue weighted by molar-refractivity contribution is 5.29. The lowest BCUT2D eigenvalue weighted by Gasteiger charge is -2.41. The Kier molecular flexibility index (Phi) is 3.87. The van der Waals surface area contributed by atoms with Gasteiger partial charge in [-0.2, -0.15) is 0 Å². The van der Waals surface area contributed by atoms with E-state index in [9.17, 15) is 0 Å². The Morgan fingerprint density at radius 1 is 1.00 bits per heavy atom. The van der Waals surface area contributed by atoms with Gasteiger partial charge >= 0.3 is 0 Å². The number of hydrogen-bond donors (Lipinski definition) is 0. The molecule has 0 radical (unpaired) electrons. The van der Waals surface area contributed by atoms with Gasteiger partial charge in [0.2, 0.25) is 0 Å². The maximum Gasteiger partial charge on any atom is 0.0645 e. The van der Waals surface area contributed by atoms with E-state index in [-0.39, 0.29) is 5.41 Å². The Bertz CT molecular complexity index is 433. The molecule has 0 unspecified atom stereocenters. The summed E-state index contributed by atoms with van der Waals surface area (Å²) in [6, 6.07) is 10.1. The maximum absolute atomic E-state index is 5.30. The van der Waals surface area contributed by atoms with Gasteiger partial charge in [0, 0.05) is 0 Å². The zero-order chi connectivity index (χ0) is 14.2. The predicted octanol–water partition coefficient (Wildman–Crippen LogP) is 3.56. The van der Waals surface area contributed by atoms with Gasteiger partial charge in [-0.3, -0.25) is 4.90 Å². The molecule has 20 heavy (non-hydrogen) atoms. The summed E-state index contributed by atoms with van der Waals surface area (Å²) in [6.45, 7) is 11.2. The lowest BCUT2D eigenvalue weighted by Crippen LogP contribution is -2.51. The van der Waals surface area contributed by atoms with E-state index < -0.39 is 0 Å². The van der Waals surface area contributed by atoms with Crippen LogP contribution in [0.5, 0.6) is 0 Å². The molecule has 1 aromatic rings. The minimum Gasteiger partial charge on any atom is -0.378 e. The fraction of sp³-hybridized carbons (Fsp3) is 0.667. The third-order valence-electron chi connectivity index (χ3n) is 4.91. The molecule has 0 amide bonds. The second-order valence-corrected chi connectivity index (χ2v) is 7.37. The molecule has 0 bridgehead atoms. The van der Waals surface area contributed by atoms with Gasteiger partial charge in [-0.05, 0) is 48.4 Å². The summed E-state index contributed by atoms with van der Waals surface area (Å²) in [6.07, 6.45) is 2.59. The summed E-state index contributed by atoms with van der Waals surface area (Å²) < 4.78 is 5.30. The van der Waals surface area contributed by atoms with Crippen LogP contribution in [0.4, 0.5) is 0 Å². The number of piperidine rings is 1. The van der Waals surface area contributed by atoms with E-state index in [1.165, 1.54) is 37.1 Å². The Labute approximate surface area is 123 Å². The largest absolute Gasteiger partial charge is 0.378 e. The van der Waals surface area contributed by atoms with Crippen LogP contribution in [-0.4, -0.2) is 37.2 Å². The summed E-state index contributed by atoms with van der Waals surface area (Å²) in [7, 11) is 0. The highest BCUT2D eigenvalue weighted by atomic mass is 16.5. The first-order valence-corrected chi connectivity index (χ1v) is 7.96. The van der Waals surface area contributed by atoms with Crippen molar-refractivity contribution in [3.05, 3.63) is 35.4 Å². The number of ether oxygens (including phenoxy) is 1. The number of hydrogen-bond acceptors (Lipinski definition) is 2. The van der Waals surface area contributed by atoms with Crippen LogP contribution >= 0.6 is 0 Å². The Morgan fingerprint density at radius 3 is 2.05 bits per heavy atom. The van der Waals surface area contributed by atoms with E-state index in [1.54, 1.807) is 0 Å². The number of nitrogens with zero attached hydrogens (tertiary/aromatic N) is 1. The van der Waals surface area contributed by atoms with Crippen LogP contribution in [0.2, 0.25) is 0 Å². The van der Waals surface area contributed by atoms with E-state index in [4.69, 9.17) is 4.74 Å². The Morgan fingerprint density at radius 2 is 1.60 bits per heavy atom. The first-order chi connectivity index (χ1) is 9.54. The summed E-state index contributed by atoms with van der Waals surface area (Å²) in [5.74, 6) is 0.751. The minimum atomic E-state index is 0.256. The van der Waals surface area contributed by atoms with Gasteiger partial charge in [-0.25, -0.2) is 0 Å². The smallest absolute Gasteiger partial charge is 0.0645 e. The molecule has 0 saturated carbocycles. The first kappa shape index (κ1) is 14.1. The van der Waals surface area contributed by atoms with Gasteiger partial charge in [-0.1, -0.05) is 45.0 Å². The average Bonchev–Trinajstić information content (AvgIpc) is 2.37. The van der Waals surface area contributed by atoms with Gasteiger partial charge < -0.3 is 4.74 Å². The van der Waals surface area contributed by atoms with Crippen LogP contribution in [-0.2, 0) is 10.2 Å². The lowest BCUT2D eigenvalue weighted by atomic mass is 9.83. The standard InChI is InChI=1S/C18H27NO/c1-18(2,3)16-6-4-14(5-7-16)15-8-10-19(11-9-15)17-12-20-13-17/h4-7,15,17H,8-13H2,1-3H3. The maximum atomic E-state index is 5.30. The molecule has 0 N–H and O–H groups in total. The van der Waals surface area contributed by atoms with Crippen LogP contribution in [0, 0.1) is 0 Å². The highest BCUT2D eigenvalue weighted by Gasteiger charge is 2.30. The first-order valence-electron chi connectivity index (χ1n) is 7.96. The predicted molar refractivity (Wildman–Crippen MR) is 83.3 cm³/mol. The van der Waals surface area contributed by atoms with Gasteiger partial charge in [0.1, 0.15) is 0 Å². The van der Waals surface area contributed by atoms with Crippen molar-refractivity contribution in [2.24, 2.45) is 0 Å². The van der Waals surface area contributed by atoms with E-state index in [2.05, 4.69) is 49.9 Å². The third-order valence-corrected chi connectivity index (χ3v) is 4.91. The molecule has 2 nitrogen and oxygen atoms in total. The number of likely N-dealkylation sites (tertiary alicyclic amines) is 1. The second-order valence-electron chi connectivity index (χ2n) is 7.37. The van der Waals surface area contributed by atoms with Crippen LogP contribution < -0.4 is 0 Å². The molecule has 1 aromatic carbocycles. The molecular weight excluding hydrogens is 246 g/mol. The Balaban J connectivity index is 1.60. The van der Waals surface area contributed by atoms with Crippen LogP contribution in [0.25, 0.3) is 0 Å². The summed E-state index contributed by atoms with van der Waals surface area (Å²) in [5.41, 5.74) is 3.22. The molecule has 0 aliphatic carbocycles. The van der Waals surface area contributed by atoms with Crippen molar-refractivity contribution in [1.29, 1.82) is 0 Å². The third kappa shape index (κ3) is 2.91. The molecule has 2 aliphatic rings. The fourth-order valence-corrected chi connectivity index (χ4v) is 3.29. The monoisotopic (exact) mass is 273 g/mol. The van der Waals surface area contributed by atoms with E-state index in [1.807, 2.05) is 0 Å². The van der Waals surface area contributed by atoms with Crippen LogP contribution in [0.3, 0.4) is 0 Å². The molecule has 2 saturated heterocycles. The molecule has 2 fully saturated rings. The van der Waals surface area contributed by atoms with E-state index in [0.29, 0.717) is 6.04 Å². The zero-order valence-corrected chi connectivity index (χ0v) is 13.1. The molecule has 0 atom stereocenters. The molecule has 2 heterocycles. The summed E-state index contributed by atoms with van der Waals surface area (Å²) in [5, 5.41) is 0. The quantitative estimate of drug-likeness (QED) is 0.817. The Hall–Kier alpha value is -0.860. The normalized spacial score (nSPS) is 22.8. The second kappa shape index (κ2) is 5.50. The lowest BCUT2D eigenvalue weighted by molar-refractivity contribution is -0.0712. The van der Waals surface area contributed by atoms with E-state index in [0.717, 1.165) is 19.1 Å². The SMILES string of the molecule is CC(C)(C)c1ccc(C2CCN(C3COC3)CC2)cc1. The molecule has 0 spiro atoms. The van der Waals surface area contributed by atoms with Crippen LogP contribution in [0.1, 0.15) is 50.7 Å². The van der Waals surface area contributed by atoms with Crippen molar-refractivity contribution in [1.82, 2.24) is 4.90 Å². The van der Waals surface area contributed by atoms with Crippen molar-refractivity contribution >= 4 is 0 Å². The van der Waals surface area contributed by atoms with Crippen molar-refractivity contribution in [2.75, 3.05) is 26.3 Å². The zero-order valence-electron chi connectivity index (χ0n) is 13.1. The van der Waals surface area contributed by atoms with Gasteiger partial charge in [-0.15, -0.1) is 0 Å². The summed E-state index contributed by atoms with van der Waals surface area (Å²) >= 11 is 0. The van der Waals surface area contributed by atoms with E-state index >= 15 is 0 Å². The van der Waals surface area contributed by atoms with Crippen molar-refractivity contribution in [2.45, 2.75) is 51.0 Å². The topological polar surface area (TPSA) is 12.5 Å². The van der Waals surface area contributed by atoms with Crippen molar-refractivity contribution in [3.63, 3.8) is 0 Å². The van der Waals surface area contributed by atoms with Gasteiger partial charge in [0.25, 0.3) is 0 Å². The molecule has 2 heteroatoms. The number of rotatable bonds is 2. The summed E-state index contributed by atoms with van der Waals surface area (Å²) in [4.78, 5) is 2.61. The molecular formula is C18H27NO. The molecule has 0 aromatic heterocycles. The highest BCUT2D eigenvalue weighted by Crippen LogP contribution is 2.31. The molecule has 110 valence electrons. The number of benzene rings is 1.